The van der Waals surface area contributed by atoms with Crippen LogP contribution in [0.25, 0.3) is 0 Å². The van der Waals surface area contributed by atoms with Crippen LogP contribution < -0.4 is 10.1 Å². The van der Waals surface area contributed by atoms with Crippen molar-refractivity contribution in [3.05, 3.63) is 28.8 Å². The summed E-state index contributed by atoms with van der Waals surface area (Å²) in [5, 5.41) is 2.30. The second-order valence-corrected chi connectivity index (χ2v) is 5.62. The van der Waals surface area contributed by atoms with Crippen LogP contribution in [0.2, 0.25) is 0 Å². The average molecular weight is 302 g/mol. The van der Waals surface area contributed by atoms with Gasteiger partial charge in [0.1, 0.15) is 11.8 Å². The number of carbonyl (C=O) groups excluding carboxylic acids is 3. The number of benzene rings is 1. The first-order valence-electron chi connectivity index (χ1n) is 7.42. The molecule has 1 fully saturated rings. The molecule has 1 N–H and O–H groups in total. The summed E-state index contributed by atoms with van der Waals surface area (Å²) in [5.41, 5.74) is 2.36. The van der Waals surface area contributed by atoms with E-state index in [0.29, 0.717) is 30.9 Å². The van der Waals surface area contributed by atoms with E-state index >= 15 is 0 Å². The third kappa shape index (κ3) is 2.34. The van der Waals surface area contributed by atoms with Crippen molar-refractivity contribution in [1.82, 2.24) is 10.2 Å². The maximum atomic E-state index is 12.6. The zero-order valence-corrected chi connectivity index (χ0v) is 12.6. The van der Waals surface area contributed by atoms with Crippen LogP contribution in [0.3, 0.4) is 0 Å². The summed E-state index contributed by atoms with van der Waals surface area (Å²) in [6.07, 6.45) is 0.626. The number of aryl methyl sites for hydroxylation is 1. The van der Waals surface area contributed by atoms with Gasteiger partial charge in [0.05, 0.1) is 13.2 Å². The van der Waals surface area contributed by atoms with Gasteiger partial charge in [-0.25, -0.2) is 0 Å². The molecule has 6 nitrogen and oxygen atoms in total. The Morgan fingerprint density at radius 3 is 2.77 bits per heavy atom. The van der Waals surface area contributed by atoms with Crippen molar-refractivity contribution in [3.8, 4) is 5.75 Å². The molecule has 2 aliphatic heterocycles. The van der Waals surface area contributed by atoms with E-state index in [2.05, 4.69) is 5.32 Å². The monoisotopic (exact) mass is 302 g/mol. The van der Waals surface area contributed by atoms with Gasteiger partial charge in [-0.15, -0.1) is 0 Å². The summed E-state index contributed by atoms with van der Waals surface area (Å²) < 4.78 is 5.62. The quantitative estimate of drug-likeness (QED) is 0.850. The maximum absolute atomic E-state index is 12.6. The fraction of sp³-hybridized carbons (Fsp3) is 0.438. The molecule has 3 amide bonds. The summed E-state index contributed by atoms with van der Waals surface area (Å²) in [5.74, 6) is -0.154. The van der Waals surface area contributed by atoms with Crippen LogP contribution in [0.4, 0.5) is 0 Å². The molecule has 22 heavy (non-hydrogen) atoms. The van der Waals surface area contributed by atoms with Gasteiger partial charge >= 0.3 is 0 Å². The van der Waals surface area contributed by atoms with E-state index in [0.717, 1.165) is 11.1 Å². The molecule has 1 atom stereocenters. The molecule has 0 radical (unpaired) electrons. The Labute approximate surface area is 128 Å². The molecule has 0 aromatic heterocycles. The molecule has 6 heteroatoms. The Balaban J connectivity index is 1.92. The zero-order valence-electron chi connectivity index (χ0n) is 12.6. The largest absolute Gasteiger partial charge is 0.493 e. The minimum absolute atomic E-state index is 0.172. The lowest BCUT2D eigenvalue weighted by Crippen LogP contribution is -2.52. The van der Waals surface area contributed by atoms with Gasteiger partial charge in [-0.3, -0.25) is 19.7 Å². The number of piperidine rings is 1. The number of nitrogens with one attached hydrogen (secondary N) is 1. The number of hydrogen-bond donors (Lipinski definition) is 1. The van der Waals surface area contributed by atoms with Crippen LogP contribution in [-0.2, 0) is 16.1 Å². The molecule has 1 unspecified atom stereocenters. The minimum atomic E-state index is -0.590. The van der Waals surface area contributed by atoms with Crippen molar-refractivity contribution in [2.75, 3.05) is 6.61 Å². The van der Waals surface area contributed by atoms with Crippen molar-refractivity contribution < 1.29 is 19.1 Å². The van der Waals surface area contributed by atoms with Gasteiger partial charge < -0.3 is 9.64 Å². The molecule has 116 valence electrons. The Morgan fingerprint density at radius 2 is 2.09 bits per heavy atom. The Morgan fingerprint density at radius 1 is 1.32 bits per heavy atom. The van der Waals surface area contributed by atoms with E-state index in [1.807, 2.05) is 26.0 Å². The molecular formula is C16H18N2O4. The molecular weight excluding hydrogens is 284 g/mol. The van der Waals surface area contributed by atoms with Crippen molar-refractivity contribution in [2.24, 2.45) is 0 Å². The van der Waals surface area contributed by atoms with E-state index in [4.69, 9.17) is 4.74 Å². The molecule has 2 heterocycles. The Kier molecular flexibility index (Phi) is 3.60. The van der Waals surface area contributed by atoms with Gasteiger partial charge in [-0.1, -0.05) is 0 Å². The summed E-state index contributed by atoms with van der Waals surface area (Å²) in [6.45, 7) is 4.66. The first-order chi connectivity index (χ1) is 10.5. The summed E-state index contributed by atoms with van der Waals surface area (Å²) >= 11 is 0. The number of rotatable bonds is 3. The third-order valence-electron chi connectivity index (χ3n) is 4.06. The molecule has 2 aliphatic rings. The lowest BCUT2D eigenvalue weighted by atomic mass is 10.0. The first kappa shape index (κ1) is 14.6. The fourth-order valence-electron chi connectivity index (χ4n) is 3.05. The lowest BCUT2D eigenvalue weighted by Gasteiger charge is -2.29. The lowest BCUT2D eigenvalue weighted by molar-refractivity contribution is -0.136. The summed E-state index contributed by atoms with van der Waals surface area (Å²) in [7, 11) is 0. The molecule has 3 rings (SSSR count). The molecule has 1 saturated heterocycles. The van der Waals surface area contributed by atoms with Gasteiger partial charge in [0.2, 0.25) is 11.8 Å². The van der Waals surface area contributed by atoms with Gasteiger partial charge in [-0.05, 0) is 38.0 Å². The standard InChI is InChI=1S/C16H18N2O4/c1-3-22-13-7-9(2)6-10-11(13)8-18(16(10)21)12-4-5-14(19)17-15(12)20/h6-7,12H,3-5,8H2,1-2H3,(H,17,19,20). The second kappa shape index (κ2) is 5.44. The average Bonchev–Trinajstić information content (AvgIpc) is 2.77. The number of fused-ring (bicyclic) bond motifs is 1. The molecule has 1 aromatic carbocycles. The number of amides is 3. The number of nitrogens with zero attached hydrogens (tertiary/aromatic N) is 1. The van der Waals surface area contributed by atoms with Gasteiger partial charge in [0.15, 0.2) is 0 Å². The van der Waals surface area contributed by atoms with Crippen LogP contribution in [0.5, 0.6) is 5.75 Å². The number of hydrogen-bond acceptors (Lipinski definition) is 4. The predicted octanol–water partition coefficient (Wildman–Crippen LogP) is 1.15. The van der Waals surface area contributed by atoms with E-state index in [1.54, 1.807) is 0 Å². The zero-order chi connectivity index (χ0) is 15.9. The smallest absolute Gasteiger partial charge is 0.255 e. The Hall–Kier alpha value is -2.37. The highest BCUT2D eigenvalue weighted by Gasteiger charge is 2.40. The predicted molar refractivity (Wildman–Crippen MR) is 78.4 cm³/mol. The topological polar surface area (TPSA) is 75.7 Å². The van der Waals surface area contributed by atoms with Crippen LogP contribution in [0, 0.1) is 6.92 Å². The molecule has 0 aliphatic carbocycles. The minimum Gasteiger partial charge on any atom is -0.493 e. The van der Waals surface area contributed by atoms with Crippen molar-refractivity contribution in [2.45, 2.75) is 39.3 Å². The highest BCUT2D eigenvalue weighted by molar-refractivity contribution is 6.05. The second-order valence-electron chi connectivity index (χ2n) is 5.62. The molecule has 0 saturated carbocycles. The van der Waals surface area contributed by atoms with Gasteiger partial charge in [0, 0.05) is 17.5 Å². The maximum Gasteiger partial charge on any atom is 0.255 e. The fourth-order valence-corrected chi connectivity index (χ4v) is 3.05. The highest BCUT2D eigenvalue weighted by atomic mass is 16.5. The molecule has 1 aromatic rings. The van der Waals surface area contributed by atoms with Crippen molar-refractivity contribution in [3.63, 3.8) is 0 Å². The van der Waals surface area contributed by atoms with Crippen LogP contribution in [0.1, 0.15) is 41.3 Å². The SMILES string of the molecule is CCOc1cc(C)cc2c1CN(C1CCC(=O)NC1=O)C2=O. The van der Waals surface area contributed by atoms with Gasteiger partial charge in [0.25, 0.3) is 5.91 Å². The number of imide groups is 1. The van der Waals surface area contributed by atoms with E-state index in [9.17, 15) is 14.4 Å². The normalized spacial score (nSPS) is 20.9. The van der Waals surface area contributed by atoms with Crippen LogP contribution in [-0.4, -0.2) is 35.3 Å². The molecule has 0 spiro atoms. The van der Waals surface area contributed by atoms with E-state index in [-0.39, 0.29) is 18.2 Å². The van der Waals surface area contributed by atoms with Crippen LogP contribution >= 0.6 is 0 Å². The number of carbonyl (C=O) groups is 3. The number of ether oxygens (including phenoxy) is 1. The molecule has 0 bridgehead atoms. The van der Waals surface area contributed by atoms with Gasteiger partial charge in [-0.2, -0.15) is 0 Å². The van der Waals surface area contributed by atoms with E-state index in [1.165, 1.54) is 4.90 Å². The third-order valence-corrected chi connectivity index (χ3v) is 4.06. The summed E-state index contributed by atoms with van der Waals surface area (Å²) in [4.78, 5) is 37.4. The summed E-state index contributed by atoms with van der Waals surface area (Å²) in [6, 6.07) is 3.14. The van der Waals surface area contributed by atoms with Crippen LogP contribution in [0.15, 0.2) is 12.1 Å². The van der Waals surface area contributed by atoms with Crippen molar-refractivity contribution >= 4 is 17.7 Å². The highest BCUT2D eigenvalue weighted by Crippen LogP contribution is 2.34. The van der Waals surface area contributed by atoms with E-state index < -0.39 is 11.9 Å². The van der Waals surface area contributed by atoms with Crippen molar-refractivity contribution in [1.29, 1.82) is 0 Å². The first-order valence-corrected chi connectivity index (χ1v) is 7.42. The Bertz CT molecular complexity index is 668.